The molecule has 0 aliphatic carbocycles. The van der Waals surface area contributed by atoms with Gasteiger partial charge in [0, 0.05) is 29.6 Å². The lowest BCUT2D eigenvalue weighted by Gasteiger charge is -2.30. The summed E-state index contributed by atoms with van der Waals surface area (Å²) in [5, 5.41) is 0. The maximum Gasteiger partial charge on any atom is 0.200 e. The molecule has 1 aliphatic heterocycles. The van der Waals surface area contributed by atoms with Crippen molar-refractivity contribution in [2.24, 2.45) is 5.41 Å². The van der Waals surface area contributed by atoms with Crippen LogP contribution >= 0.6 is 0 Å². The van der Waals surface area contributed by atoms with E-state index in [-0.39, 0.29) is 12.1 Å². The molecule has 1 unspecified atom stereocenters. The predicted molar refractivity (Wildman–Crippen MR) is 83.6 cm³/mol. The predicted octanol–water partition coefficient (Wildman–Crippen LogP) is 4.19. The van der Waals surface area contributed by atoms with E-state index in [0.29, 0.717) is 18.8 Å². The van der Waals surface area contributed by atoms with E-state index >= 15 is 0 Å². The third-order valence-corrected chi connectivity index (χ3v) is 3.50. The molecule has 3 nitrogen and oxygen atoms in total. The fraction of sp³-hybridized carbons (Fsp3) is 0.500. The number of ketones is 1. The molecular weight excluding hydrogens is 264 g/mol. The molecule has 1 heterocycles. The minimum absolute atomic E-state index is 0.149. The number of allylic oxidation sites excluding steroid dienone is 1. The molecular formula is C18H24O3. The first kappa shape index (κ1) is 15.8. The van der Waals surface area contributed by atoms with Gasteiger partial charge in [0.1, 0.15) is 5.76 Å². The molecule has 0 N–H and O–H groups in total. The first-order chi connectivity index (χ1) is 9.93. The van der Waals surface area contributed by atoms with Gasteiger partial charge >= 0.3 is 0 Å². The van der Waals surface area contributed by atoms with Crippen LogP contribution in [0.1, 0.15) is 46.1 Å². The molecule has 1 aromatic carbocycles. The van der Waals surface area contributed by atoms with E-state index in [2.05, 4.69) is 0 Å². The van der Waals surface area contributed by atoms with Crippen molar-refractivity contribution in [3.63, 3.8) is 0 Å². The lowest BCUT2D eigenvalue weighted by atomic mass is 9.82. The molecule has 2 rings (SSSR count). The van der Waals surface area contributed by atoms with Crippen molar-refractivity contribution in [1.29, 1.82) is 0 Å². The molecule has 3 heteroatoms. The zero-order chi connectivity index (χ0) is 15.5. The topological polar surface area (TPSA) is 35.5 Å². The normalized spacial score (nSPS) is 19.3. The van der Waals surface area contributed by atoms with Gasteiger partial charge < -0.3 is 9.47 Å². The van der Waals surface area contributed by atoms with Gasteiger partial charge in [-0.2, -0.15) is 0 Å². The Bertz CT molecular complexity index is 523. The second-order valence-corrected chi connectivity index (χ2v) is 6.29. The Balaban J connectivity index is 2.41. The molecule has 0 amide bonds. The Kier molecular flexibility index (Phi) is 4.84. The zero-order valence-corrected chi connectivity index (χ0v) is 13.3. The van der Waals surface area contributed by atoms with Gasteiger partial charge in [0.25, 0.3) is 0 Å². The average Bonchev–Trinajstić information content (AvgIpc) is 2.47. The molecule has 0 bridgehead atoms. The Morgan fingerprint density at radius 3 is 2.52 bits per heavy atom. The van der Waals surface area contributed by atoms with Crippen LogP contribution < -0.4 is 0 Å². The van der Waals surface area contributed by atoms with Gasteiger partial charge in [0.15, 0.2) is 12.1 Å². The van der Waals surface area contributed by atoms with Crippen LogP contribution in [0.5, 0.6) is 0 Å². The van der Waals surface area contributed by atoms with Crippen LogP contribution in [-0.2, 0) is 14.3 Å². The van der Waals surface area contributed by atoms with Crippen molar-refractivity contribution in [2.45, 2.75) is 46.8 Å². The summed E-state index contributed by atoms with van der Waals surface area (Å²) in [6.07, 6.45) is 1.16. The molecule has 0 saturated heterocycles. The summed E-state index contributed by atoms with van der Waals surface area (Å²) in [7, 11) is 0. The molecule has 114 valence electrons. The standard InChI is InChI=1S/C18H24O3/c1-5-20-15-12-11-14(17(19)18(2,3)4)16(21-15)13-9-7-6-8-10-13/h6-10,15H,5,11-12H2,1-4H3. The highest BCUT2D eigenvalue weighted by Gasteiger charge is 2.32. The highest BCUT2D eigenvalue weighted by molar-refractivity contribution is 6.04. The summed E-state index contributed by atoms with van der Waals surface area (Å²) in [6, 6.07) is 9.81. The summed E-state index contributed by atoms with van der Waals surface area (Å²) < 4.78 is 11.6. The maximum absolute atomic E-state index is 12.7. The van der Waals surface area contributed by atoms with E-state index in [0.717, 1.165) is 17.6 Å². The third-order valence-electron chi connectivity index (χ3n) is 3.50. The molecule has 0 saturated carbocycles. The molecule has 1 atom stereocenters. The number of carbonyl (C=O) groups is 1. The lowest BCUT2D eigenvalue weighted by Crippen LogP contribution is -2.29. The van der Waals surface area contributed by atoms with Gasteiger partial charge in [-0.3, -0.25) is 4.79 Å². The molecule has 0 spiro atoms. The van der Waals surface area contributed by atoms with E-state index < -0.39 is 5.41 Å². The van der Waals surface area contributed by atoms with Crippen molar-refractivity contribution in [2.75, 3.05) is 6.61 Å². The van der Waals surface area contributed by atoms with Gasteiger partial charge in [-0.05, 0) is 13.3 Å². The van der Waals surface area contributed by atoms with E-state index in [1.54, 1.807) is 0 Å². The Morgan fingerprint density at radius 1 is 1.29 bits per heavy atom. The van der Waals surface area contributed by atoms with Gasteiger partial charge in [-0.1, -0.05) is 51.1 Å². The molecule has 1 aliphatic rings. The minimum Gasteiger partial charge on any atom is -0.464 e. The fourth-order valence-electron chi connectivity index (χ4n) is 2.44. The van der Waals surface area contributed by atoms with Crippen LogP contribution in [0.4, 0.5) is 0 Å². The number of benzene rings is 1. The summed E-state index contributed by atoms with van der Waals surface area (Å²) in [5.41, 5.74) is 1.32. The van der Waals surface area contributed by atoms with Crippen LogP contribution in [-0.4, -0.2) is 18.7 Å². The van der Waals surface area contributed by atoms with Crippen molar-refractivity contribution in [3.05, 3.63) is 41.5 Å². The van der Waals surface area contributed by atoms with E-state index in [9.17, 15) is 4.79 Å². The zero-order valence-electron chi connectivity index (χ0n) is 13.3. The number of hydrogen-bond acceptors (Lipinski definition) is 3. The summed E-state index contributed by atoms with van der Waals surface area (Å²) >= 11 is 0. The van der Waals surface area contributed by atoms with Crippen molar-refractivity contribution in [1.82, 2.24) is 0 Å². The number of rotatable bonds is 4. The lowest BCUT2D eigenvalue weighted by molar-refractivity contribution is -0.125. The third kappa shape index (κ3) is 3.73. The number of ether oxygens (including phenoxy) is 2. The van der Waals surface area contributed by atoms with Crippen LogP contribution in [0.3, 0.4) is 0 Å². The van der Waals surface area contributed by atoms with Crippen molar-refractivity contribution in [3.8, 4) is 0 Å². The number of Topliss-reactive ketones (excluding diaryl/α,β-unsaturated/α-hetero) is 1. The largest absolute Gasteiger partial charge is 0.464 e. The van der Waals surface area contributed by atoms with Gasteiger partial charge in [-0.25, -0.2) is 0 Å². The average molecular weight is 288 g/mol. The highest BCUT2D eigenvalue weighted by Crippen LogP contribution is 2.35. The van der Waals surface area contributed by atoms with Crippen LogP contribution in [0.2, 0.25) is 0 Å². The highest BCUT2D eigenvalue weighted by atomic mass is 16.7. The van der Waals surface area contributed by atoms with Crippen LogP contribution in [0, 0.1) is 5.41 Å². The van der Waals surface area contributed by atoms with E-state index in [1.165, 1.54) is 0 Å². The first-order valence-electron chi connectivity index (χ1n) is 7.55. The smallest absolute Gasteiger partial charge is 0.200 e. The number of hydrogen-bond donors (Lipinski definition) is 0. The minimum atomic E-state index is -0.406. The van der Waals surface area contributed by atoms with Gasteiger partial charge in [0.05, 0.1) is 0 Å². The molecule has 1 aromatic rings. The Morgan fingerprint density at radius 2 is 1.95 bits per heavy atom. The van der Waals surface area contributed by atoms with Gasteiger partial charge in [-0.15, -0.1) is 0 Å². The second kappa shape index (κ2) is 6.44. The summed E-state index contributed by atoms with van der Waals surface area (Å²) in [5.74, 6) is 0.830. The molecule has 0 fully saturated rings. The van der Waals surface area contributed by atoms with Crippen LogP contribution in [0.15, 0.2) is 35.9 Å². The van der Waals surface area contributed by atoms with E-state index in [4.69, 9.17) is 9.47 Å². The summed E-state index contributed by atoms with van der Waals surface area (Å²) in [6.45, 7) is 8.39. The SMILES string of the molecule is CCOC1CCC(C(=O)C(C)(C)C)=C(c2ccccc2)O1. The number of carbonyl (C=O) groups excluding carboxylic acids is 1. The van der Waals surface area contributed by atoms with Crippen molar-refractivity contribution >= 4 is 11.5 Å². The van der Waals surface area contributed by atoms with Crippen molar-refractivity contribution < 1.29 is 14.3 Å². The van der Waals surface area contributed by atoms with E-state index in [1.807, 2.05) is 58.0 Å². The maximum atomic E-state index is 12.7. The first-order valence-corrected chi connectivity index (χ1v) is 7.55. The molecule has 0 radical (unpaired) electrons. The quantitative estimate of drug-likeness (QED) is 0.833. The summed E-state index contributed by atoms with van der Waals surface area (Å²) in [4.78, 5) is 12.7. The molecule has 21 heavy (non-hydrogen) atoms. The fourth-order valence-corrected chi connectivity index (χ4v) is 2.44. The molecule has 0 aromatic heterocycles. The Labute approximate surface area is 127 Å². The van der Waals surface area contributed by atoms with Crippen LogP contribution in [0.25, 0.3) is 5.76 Å². The van der Waals surface area contributed by atoms with Gasteiger partial charge in [0.2, 0.25) is 0 Å². The second-order valence-electron chi connectivity index (χ2n) is 6.29. The Hall–Kier alpha value is -1.61. The monoisotopic (exact) mass is 288 g/mol.